The van der Waals surface area contributed by atoms with Gasteiger partial charge in [0.1, 0.15) is 5.82 Å². The Balaban J connectivity index is -0.00000108. The van der Waals surface area contributed by atoms with E-state index in [9.17, 15) is 13.2 Å². The van der Waals surface area contributed by atoms with Gasteiger partial charge in [0.15, 0.2) is 0 Å². The molecule has 0 amide bonds. The molecule has 1 saturated heterocycles. The van der Waals surface area contributed by atoms with E-state index < -0.39 is 12.2 Å². The second-order valence-electron chi connectivity index (χ2n) is 10.4. The van der Waals surface area contributed by atoms with Crippen molar-refractivity contribution in [3.63, 3.8) is 0 Å². The Kier molecular flexibility index (Phi) is 24.2. The zero-order chi connectivity index (χ0) is 31.9. The summed E-state index contributed by atoms with van der Waals surface area (Å²) in [5, 5.41) is 10.0. The van der Waals surface area contributed by atoms with Crippen LogP contribution >= 0.6 is 0 Å². The van der Waals surface area contributed by atoms with Crippen molar-refractivity contribution in [1.29, 1.82) is 0 Å². The summed E-state index contributed by atoms with van der Waals surface area (Å²) < 4.78 is 29.0. The summed E-state index contributed by atoms with van der Waals surface area (Å²) in [4.78, 5) is 2.38. The first-order valence-corrected chi connectivity index (χ1v) is 14.4. The Bertz CT molecular complexity index is 788. The van der Waals surface area contributed by atoms with E-state index in [-0.39, 0.29) is 5.41 Å². The number of nitrogens with zero attached hydrogens (tertiary/aromatic N) is 1. The zero-order valence-electron chi connectivity index (χ0n) is 27.0. The number of nitrogens with two attached hydrogens (primary N) is 3. The van der Waals surface area contributed by atoms with Crippen LogP contribution < -0.4 is 38.1 Å². The zero-order valence-corrected chi connectivity index (χ0v) is 27.0. The second kappa shape index (κ2) is 23.1. The number of nitrogens with one attached hydrogen (secondary N) is 3. The molecule has 1 aromatic rings. The molecule has 40 heavy (non-hydrogen) atoms. The summed E-state index contributed by atoms with van der Waals surface area (Å²) in [6.45, 7) is 23.7. The van der Waals surface area contributed by atoms with Gasteiger partial charge in [-0.15, -0.1) is 0 Å². The highest BCUT2D eigenvalue weighted by Crippen LogP contribution is 2.20. The molecule has 0 saturated carbocycles. The van der Waals surface area contributed by atoms with E-state index in [0.717, 1.165) is 44.1 Å². The smallest absolute Gasteiger partial charge is 0.379 e. The number of allylic oxidation sites excluding steroid dienone is 1. The van der Waals surface area contributed by atoms with Crippen molar-refractivity contribution in [3.05, 3.63) is 47.6 Å². The average molecular weight is 576 g/mol. The molecule has 0 radical (unpaired) electrons. The molecule has 0 bridgehead atoms. The predicted molar refractivity (Wildman–Crippen MR) is 170 cm³/mol. The van der Waals surface area contributed by atoms with Crippen LogP contribution in [0.2, 0.25) is 0 Å². The summed E-state index contributed by atoms with van der Waals surface area (Å²) in [7, 11) is 0. The van der Waals surface area contributed by atoms with Crippen LogP contribution in [-0.4, -0.2) is 44.9 Å². The van der Waals surface area contributed by atoms with Crippen molar-refractivity contribution >= 4 is 11.4 Å². The van der Waals surface area contributed by atoms with Crippen LogP contribution in [-0.2, 0) is 0 Å². The topological polar surface area (TPSA) is 117 Å². The molecule has 1 heterocycles. The molecule has 0 unspecified atom stereocenters. The summed E-state index contributed by atoms with van der Waals surface area (Å²) in [5.74, 6) is 0.503. The van der Waals surface area contributed by atoms with Gasteiger partial charge in [-0.2, -0.15) is 13.2 Å². The number of rotatable bonds is 7. The fourth-order valence-corrected chi connectivity index (χ4v) is 2.97. The molecule has 1 aliphatic rings. The molecule has 2 rings (SSSR count). The monoisotopic (exact) mass is 575 g/mol. The van der Waals surface area contributed by atoms with Gasteiger partial charge in [0, 0.05) is 50.2 Å². The van der Waals surface area contributed by atoms with Gasteiger partial charge in [-0.1, -0.05) is 68.7 Å². The fraction of sp³-hybridized carbons (Fsp3) is 0.667. The van der Waals surface area contributed by atoms with Gasteiger partial charge in [-0.25, -0.2) is 0 Å². The van der Waals surface area contributed by atoms with Gasteiger partial charge in [-0.3, -0.25) is 0 Å². The van der Waals surface area contributed by atoms with Crippen molar-refractivity contribution in [2.24, 2.45) is 22.6 Å². The third kappa shape index (κ3) is 22.2. The second-order valence-corrected chi connectivity index (χ2v) is 10.4. The third-order valence-electron chi connectivity index (χ3n) is 4.73. The van der Waals surface area contributed by atoms with Gasteiger partial charge in [0.05, 0.1) is 16.9 Å². The Morgan fingerprint density at radius 2 is 1.38 bits per heavy atom. The molecule has 1 aliphatic heterocycles. The van der Waals surface area contributed by atoms with E-state index in [1.807, 2.05) is 59.8 Å². The lowest BCUT2D eigenvalue weighted by atomic mass is 9.95. The third-order valence-corrected chi connectivity index (χ3v) is 4.73. The minimum absolute atomic E-state index is 0.0973. The van der Waals surface area contributed by atoms with Gasteiger partial charge in [-0.05, 0) is 43.5 Å². The SMILES string of the molecule is CC.CC.CC(C)(C)CNC(/C=C(\N)Nc1ccc(N2CCNCC2)cc1)=C(/N)C(C)(C)N.CCC.FC(F)F. The lowest BCUT2D eigenvalue weighted by molar-refractivity contribution is 0.00819. The Hall–Kier alpha value is -2.59. The molecule has 1 aromatic carbocycles. The largest absolute Gasteiger partial charge is 0.399 e. The molecule has 7 nitrogen and oxygen atoms in total. The number of halogens is 3. The minimum atomic E-state index is -3.67. The number of benzene rings is 1. The van der Waals surface area contributed by atoms with Crippen LogP contribution in [0.4, 0.5) is 24.5 Å². The molecule has 236 valence electrons. The van der Waals surface area contributed by atoms with Crippen molar-refractivity contribution < 1.29 is 13.2 Å². The van der Waals surface area contributed by atoms with Gasteiger partial charge in [0.2, 0.25) is 0 Å². The predicted octanol–water partition coefficient (Wildman–Crippen LogP) is 6.50. The quantitative estimate of drug-likeness (QED) is 0.206. The van der Waals surface area contributed by atoms with Gasteiger partial charge in [0.25, 0.3) is 0 Å². The first-order chi connectivity index (χ1) is 18.6. The Morgan fingerprint density at radius 3 is 1.75 bits per heavy atom. The van der Waals surface area contributed by atoms with Gasteiger partial charge < -0.3 is 38.1 Å². The maximum absolute atomic E-state index is 9.67. The molecule has 0 atom stereocenters. The number of anilines is 2. The number of alkyl halides is 3. The van der Waals surface area contributed by atoms with E-state index >= 15 is 0 Å². The molecule has 0 spiro atoms. The van der Waals surface area contributed by atoms with Crippen LogP contribution in [0.3, 0.4) is 0 Å². The van der Waals surface area contributed by atoms with Gasteiger partial charge >= 0.3 is 6.68 Å². The van der Waals surface area contributed by atoms with Crippen LogP contribution in [0.15, 0.2) is 47.6 Å². The van der Waals surface area contributed by atoms with Crippen LogP contribution in [0.5, 0.6) is 0 Å². The van der Waals surface area contributed by atoms with Crippen molar-refractivity contribution in [3.8, 4) is 0 Å². The molecule has 10 heteroatoms. The number of hydrogen-bond donors (Lipinski definition) is 6. The molecule has 0 aromatic heterocycles. The highest BCUT2D eigenvalue weighted by Gasteiger charge is 2.20. The van der Waals surface area contributed by atoms with Crippen molar-refractivity contribution in [1.82, 2.24) is 10.6 Å². The van der Waals surface area contributed by atoms with E-state index in [1.165, 1.54) is 12.1 Å². The molecule has 0 aliphatic carbocycles. The maximum Gasteiger partial charge on any atom is 0.379 e. The lowest BCUT2D eigenvalue weighted by Crippen LogP contribution is -2.43. The van der Waals surface area contributed by atoms with E-state index in [4.69, 9.17) is 17.2 Å². The summed E-state index contributed by atoms with van der Waals surface area (Å²) >= 11 is 0. The summed E-state index contributed by atoms with van der Waals surface area (Å²) in [5.41, 5.74) is 21.7. The highest BCUT2D eigenvalue weighted by atomic mass is 19.4. The van der Waals surface area contributed by atoms with E-state index in [1.54, 1.807) is 0 Å². The fourth-order valence-electron chi connectivity index (χ4n) is 2.97. The van der Waals surface area contributed by atoms with Crippen LogP contribution in [0, 0.1) is 5.41 Å². The number of hydrogen-bond acceptors (Lipinski definition) is 7. The first kappa shape index (κ1) is 41.9. The highest BCUT2D eigenvalue weighted by molar-refractivity contribution is 5.57. The molecule has 9 N–H and O–H groups in total. The molecular weight excluding hydrogens is 515 g/mol. The summed E-state index contributed by atoms with van der Waals surface area (Å²) in [6, 6.07) is 8.32. The maximum atomic E-state index is 9.67. The van der Waals surface area contributed by atoms with Crippen LogP contribution in [0.1, 0.15) is 82.6 Å². The van der Waals surface area contributed by atoms with E-state index in [0.29, 0.717) is 11.5 Å². The summed E-state index contributed by atoms with van der Waals surface area (Å²) in [6.07, 6.45) is 3.07. The molecule has 1 fully saturated rings. The lowest BCUT2D eigenvalue weighted by Gasteiger charge is -2.29. The average Bonchev–Trinajstić information content (AvgIpc) is 2.88. The number of piperazine rings is 1. The van der Waals surface area contributed by atoms with E-state index in [2.05, 4.69) is 67.6 Å². The minimum Gasteiger partial charge on any atom is -0.399 e. The first-order valence-electron chi connectivity index (χ1n) is 14.4. The van der Waals surface area contributed by atoms with Crippen molar-refractivity contribution in [2.75, 3.05) is 42.9 Å². The normalized spacial score (nSPS) is 14.0. The van der Waals surface area contributed by atoms with Crippen LogP contribution in [0.25, 0.3) is 0 Å². The Labute approximate surface area is 243 Å². The standard InChI is InChI=1S/C22H39N7.C3H8.2C2H6.CHF3/c1-21(2,3)15-27-18(20(24)22(4,5)25)14-19(23)28-16-6-8-17(9-7-16)29-12-10-26-11-13-29;1-3-2;2*1-2;2-1(3)4/h6-9,14,26-28H,10-13,15,23-25H2,1-5H3;3H2,1-2H3;2*1-2H3;1H/b19-14+,20-18+;;;;. The molecular formula is C30H60F3N7. The Morgan fingerprint density at radius 1 is 0.950 bits per heavy atom. The van der Waals surface area contributed by atoms with Crippen molar-refractivity contribution in [2.45, 2.75) is 94.8 Å².